The van der Waals surface area contributed by atoms with Crippen LogP contribution in [0.1, 0.15) is 12.0 Å². The summed E-state index contributed by atoms with van der Waals surface area (Å²) in [5, 5.41) is 8.74. The second-order valence-electron chi connectivity index (χ2n) is 2.88. The number of aliphatic carboxylic acids is 1. The molecule has 3 nitrogen and oxygen atoms in total. The summed E-state index contributed by atoms with van der Waals surface area (Å²) in [6.45, 7) is 0. The van der Waals surface area contributed by atoms with Gasteiger partial charge in [0.25, 0.3) is 0 Å². The first-order valence-electron chi connectivity index (χ1n) is 4.27. The highest BCUT2D eigenvalue weighted by Gasteiger charge is 2.30. The molecule has 0 saturated carbocycles. The predicted octanol–water partition coefficient (Wildman–Crippen LogP) is 2.67. The summed E-state index contributed by atoms with van der Waals surface area (Å²) in [7, 11) is 0. The van der Waals surface area contributed by atoms with Crippen molar-refractivity contribution in [2.24, 2.45) is 0 Å². The van der Waals surface area contributed by atoms with E-state index in [1.165, 1.54) is 6.07 Å². The number of carboxylic acids is 1. The summed E-state index contributed by atoms with van der Waals surface area (Å²) in [4.78, 5) is 13.8. The van der Waals surface area contributed by atoms with Crippen LogP contribution in [0.5, 0.6) is 0 Å². The molecule has 0 aromatic carbocycles. The van der Waals surface area contributed by atoms with Crippen molar-refractivity contribution in [1.82, 2.24) is 4.98 Å². The van der Waals surface area contributed by atoms with Crippen molar-refractivity contribution < 1.29 is 23.1 Å². The number of alkyl halides is 3. The van der Waals surface area contributed by atoms with Gasteiger partial charge in [0.1, 0.15) is 0 Å². The van der Waals surface area contributed by atoms with Crippen molar-refractivity contribution in [3.8, 4) is 0 Å². The Bertz CT molecular complexity index is 364. The molecule has 0 spiro atoms. The monoisotopic (exact) mass is 251 g/mol. The maximum absolute atomic E-state index is 12.2. The summed E-state index contributed by atoms with van der Waals surface area (Å²) in [5.74, 6) is -0.660. The molecule has 0 bridgehead atoms. The van der Waals surface area contributed by atoms with E-state index in [-0.39, 0.29) is 12.2 Å². The molecule has 7 heteroatoms. The Morgan fingerprint density at radius 1 is 1.44 bits per heavy atom. The van der Waals surface area contributed by atoms with Gasteiger partial charge in [-0.3, -0.25) is 4.79 Å². The number of rotatable bonds is 4. The molecule has 0 atom stereocenters. The van der Waals surface area contributed by atoms with Crippen molar-refractivity contribution >= 4 is 17.7 Å². The fourth-order valence-electron chi connectivity index (χ4n) is 0.876. The third-order valence-electron chi connectivity index (χ3n) is 1.63. The van der Waals surface area contributed by atoms with Crippen LogP contribution in [0, 0.1) is 0 Å². The van der Waals surface area contributed by atoms with Gasteiger partial charge in [0.05, 0.1) is 17.0 Å². The first kappa shape index (κ1) is 12.8. The third kappa shape index (κ3) is 4.09. The smallest absolute Gasteiger partial charge is 0.417 e. The van der Waals surface area contributed by atoms with Gasteiger partial charge < -0.3 is 5.11 Å². The van der Waals surface area contributed by atoms with E-state index in [4.69, 9.17) is 5.11 Å². The van der Waals surface area contributed by atoms with Crippen LogP contribution < -0.4 is 0 Å². The fraction of sp³-hybridized carbons (Fsp3) is 0.333. The van der Waals surface area contributed by atoms with Gasteiger partial charge in [0, 0.05) is 11.9 Å². The number of carbonyl (C=O) groups is 1. The molecular weight excluding hydrogens is 243 g/mol. The second kappa shape index (κ2) is 5.20. The molecule has 88 valence electrons. The zero-order chi connectivity index (χ0) is 12.2. The Morgan fingerprint density at radius 3 is 2.56 bits per heavy atom. The van der Waals surface area contributed by atoms with Gasteiger partial charge in [0.15, 0.2) is 0 Å². The maximum atomic E-state index is 12.2. The van der Waals surface area contributed by atoms with E-state index >= 15 is 0 Å². The number of pyridine rings is 1. The Hall–Kier alpha value is -1.24. The van der Waals surface area contributed by atoms with Crippen LogP contribution in [0.2, 0.25) is 0 Å². The summed E-state index contributed by atoms with van der Waals surface area (Å²) in [6, 6.07) is 2.16. The topological polar surface area (TPSA) is 50.2 Å². The second-order valence-corrected chi connectivity index (χ2v) is 3.99. The number of thioether (sulfide) groups is 1. The van der Waals surface area contributed by atoms with E-state index in [0.717, 1.165) is 24.0 Å². The molecule has 0 radical (unpaired) electrons. The van der Waals surface area contributed by atoms with Gasteiger partial charge >= 0.3 is 12.1 Å². The molecule has 1 aromatic rings. The van der Waals surface area contributed by atoms with Crippen molar-refractivity contribution in [2.75, 3.05) is 5.75 Å². The zero-order valence-electron chi connectivity index (χ0n) is 7.99. The third-order valence-corrected chi connectivity index (χ3v) is 2.58. The lowest BCUT2D eigenvalue weighted by atomic mass is 10.3. The van der Waals surface area contributed by atoms with E-state index in [2.05, 4.69) is 4.98 Å². The van der Waals surface area contributed by atoms with Crippen LogP contribution in [0.3, 0.4) is 0 Å². The zero-order valence-corrected chi connectivity index (χ0v) is 8.81. The van der Waals surface area contributed by atoms with Crippen LogP contribution in [0.15, 0.2) is 23.4 Å². The van der Waals surface area contributed by atoms with Crippen LogP contribution in [-0.2, 0) is 11.0 Å². The fourth-order valence-corrected chi connectivity index (χ4v) is 1.65. The molecular formula is C9H8F3NO2S. The Morgan fingerprint density at radius 2 is 2.12 bits per heavy atom. The average molecular weight is 251 g/mol. The number of hydrogen-bond donors (Lipinski definition) is 1. The Labute approximate surface area is 93.7 Å². The average Bonchev–Trinajstić information content (AvgIpc) is 2.16. The first-order valence-corrected chi connectivity index (χ1v) is 5.26. The van der Waals surface area contributed by atoms with Gasteiger partial charge in [-0.25, -0.2) is 4.98 Å². The lowest BCUT2D eigenvalue weighted by molar-refractivity contribution is -0.138. The lowest BCUT2D eigenvalue weighted by Crippen LogP contribution is -2.05. The number of carboxylic acid groups (broad SMARTS) is 1. The summed E-state index contributed by atoms with van der Waals surface area (Å²) in [6.07, 6.45) is -3.70. The summed E-state index contributed by atoms with van der Waals surface area (Å²) in [5.41, 5.74) is -0.810. The highest BCUT2D eigenvalue weighted by molar-refractivity contribution is 7.99. The van der Waals surface area contributed by atoms with Crippen LogP contribution in [0.4, 0.5) is 13.2 Å². The van der Waals surface area contributed by atoms with E-state index in [0.29, 0.717) is 5.03 Å². The molecule has 0 aliphatic carbocycles. The van der Waals surface area contributed by atoms with Crippen molar-refractivity contribution in [3.05, 3.63) is 23.9 Å². The number of halogens is 3. The standard InChI is InChI=1S/C9H8F3NO2S/c10-9(11,12)6-1-2-7(13-5-6)16-4-3-8(14)15/h1-2,5H,3-4H2,(H,14,15). The lowest BCUT2D eigenvalue weighted by Gasteiger charge is -2.06. The van der Waals surface area contributed by atoms with E-state index in [1.54, 1.807) is 0 Å². The van der Waals surface area contributed by atoms with E-state index in [1.807, 2.05) is 0 Å². The van der Waals surface area contributed by atoms with Crippen LogP contribution >= 0.6 is 11.8 Å². The molecule has 1 N–H and O–H groups in total. The highest BCUT2D eigenvalue weighted by Crippen LogP contribution is 2.29. The van der Waals surface area contributed by atoms with E-state index in [9.17, 15) is 18.0 Å². The number of aromatic nitrogens is 1. The SMILES string of the molecule is O=C(O)CCSc1ccc(C(F)(F)F)cn1. The van der Waals surface area contributed by atoms with Gasteiger partial charge in [-0.2, -0.15) is 13.2 Å². The molecule has 0 aliphatic rings. The summed E-state index contributed by atoms with van der Waals surface area (Å²) < 4.78 is 36.5. The number of hydrogen-bond acceptors (Lipinski definition) is 3. The molecule has 1 aromatic heterocycles. The minimum atomic E-state index is -4.39. The van der Waals surface area contributed by atoms with Gasteiger partial charge in [-0.05, 0) is 12.1 Å². The molecule has 0 aliphatic heterocycles. The Kier molecular flexibility index (Phi) is 4.17. The quantitative estimate of drug-likeness (QED) is 0.836. The van der Waals surface area contributed by atoms with Crippen LogP contribution in [0.25, 0.3) is 0 Å². The van der Waals surface area contributed by atoms with Gasteiger partial charge in [-0.15, -0.1) is 11.8 Å². The summed E-state index contributed by atoms with van der Waals surface area (Å²) >= 11 is 1.11. The van der Waals surface area contributed by atoms with Gasteiger partial charge in [0.2, 0.25) is 0 Å². The minimum Gasteiger partial charge on any atom is -0.481 e. The maximum Gasteiger partial charge on any atom is 0.417 e. The molecule has 0 amide bonds. The minimum absolute atomic E-state index is 0.0482. The van der Waals surface area contributed by atoms with Crippen LogP contribution in [-0.4, -0.2) is 21.8 Å². The molecule has 0 saturated heterocycles. The van der Waals surface area contributed by atoms with Crippen molar-refractivity contribution in [2.45, 2.75) is 17.6 Å². The first-order chi connectivity index (χ1) is 7.39. The highest BCUT2D eigenvalue weighted by atomic mass is 32.2. The normalized spacial score (nSPS) is 11.4. The largest absolute Gasteiger partial charge is 0.481 e. The molecule has 0 fully saturated rings. The van der Waals surface area contributed by atoms with Crippen molar-refractivity contribution in [1.29, 1.82) is 0 Å². The molecule has 16 heavy (non-hydrogen) atoms. The van der Waals surface area contributed by atoms with Crippen molar-refractivity contribution in [3.63, 3.8) is 0 Å². The molecule has 1 rings (SSSR count). The Balaban J connectivity index is 2.55. The molecule has 0 unspecified atom stereocenters. The van der Waals surface area contributed by atoms with Gasteiger partial charge in [-0.1, -0.05) is 0 Å². The predicted molar refractivity (Wildman–Crippen MR) is 52.2 cm³/mol. The molecule has 1 heterocycles. The van der Waals surface area contributed by atoms with E-state index < -0.39 is 17.7 Å². The number of nitrogens with zero attached hydrogens (tertiary/aromatic N) is 1.